The predicted molar refractivity (Wildman–Crippen MR) is 113 cm³/mol. The zero-order chi connectivity index (χ0) is 21.1. The molecule has 0 aliphatic heterocycles. The molecular weight excluding hydrogens is 423 g/mol. The minimum atomic E-state index is -1.35. The predicted octanol–water partition coefficient (Wildman–Crippen LogP) is 0.671. The Morgan fingerprint density at radius 3 is 2.32 bits per heavy atom. The quantitative estimate of drug-likeness (QED) is 0.302. The number of allylic oxidation sites excluding steroid dienone is 1. The number of nitrogens with zero attached hydrogens (tertiary/aromatic N) is 2. The molecule has 31 heavy (non-hydrogen) atoms. The summed E-state index contributed by atoms with van der Waals surface area (Å²) in [4.78, 5) is 25.7. The van der Waals surface area contributed by atoms with Gasteiger partial charge in [-0.15, -0.1) is 0 Å². The summed E-state index contributed by atoms with van der Waals surface area (Å²) in [5.74, 6) is -0.719. The summed E-state index contributed by atoms with van der Waals surface area (Å²) >= 11 is 1.06. The minimum Gasteiger partial charge on any atom is -0.545 e. The summed E-state index contributed by atoms with van der Waals surface area (Å²) in [5, 5.41) is 12.3. The molecule has 1 aromatic heterocycles. The molecule has 0 N–H and O–H groups in total. The Kier molecular flexibility index (Phi) is 8.00. The van der Waals surface area contributed by atoms with Crippen LogP contribution in [-0.2, 0) is 4.79 Å². The Labute approximate surface area is 206 Å². The van der Waals surface area contributed by atoms with Gasteiger partial charge in [0.1, 0.15) is 16.8 Å². The van der Waals surface area contributed by atoms with Gasteiger partial charge in [0.15, 0.2) is 5.78 Å². The van der Waals surface area contributed by atoms with Crippen molar-refractivity contribution in [1.82, 2.24) is 8.75 Å². The maximum atomic E-state index is 13.4. The second kappa shape index (κ2) is 10.5. The van der Waals surface area contributed by atoms with Gasteiger partial charge >= 0.3 is 29.6 Å². The molecule has 0 bridgehead atoms. The molecule has 1 heterocycles. The van der Waals surface area contributed by atoms with Gasteiger partial charge in [-0.25, -0.2) is 0 Å². The van der Waals surface area contributed by atoms with E-state index in [4.69, 9.17) is 4.74 Å². The summed E-state index contributed by atoms with van der Waals surface area (Å²) in [6, 6.07) is 11.8. The number of carboxylic acid groups (broad SMARTS) is 1. The molecular formula is C23H21N2NaO4S. The summed E-state index contributed by atoms with van der Waals surface area (Å²) in [7, 11) is 1.56. The standard InChI is InChI=1S/C23H22N2O4S.Na/c1-29-17-9-6-15(7-10-17)22(26)18(12-14-4-2-3-5-14)21(23(27)28)16-8-11-19-20(13-16)25-30-24-19;/h6-11,13-14H,2-5,12H2,1H3,(H,27,28);/q;+1/p-1. The fourth-order valence-corrected chi connectivity index (χ4v) is 4.60. The van der Waals surface area contributed by atoms with Gasteiger partial charge in [-0.3, -0.25) is 4.79 Å². The van der Waals surface area contributed by atoms with E-state index in [1.165, 1.54) is 0 Å². The summed E-state index contributed by atoms with van der Waals surface area (Å²) in [6.07, 6.45) is 4.61. The molecule has 1 fully saturated rings. The van der Waals surface area contributed by atoms with Crippen LogP contribution in [0.5, 0.6) is 5.75 Å². The number of hydrogen-bond acceptors (Lipinski definition) is 7. The van der Waals surface area contributed by atoms with Crippen LogP contribution in [0.3, 0.4) is 0 Å². The van der Waals surface area contributed by atoms with E-state index < -0.39 is 5.97 Å². The van der Waals surface area contributed by atoms with Crippen LogP contribution in [0.4, 0.5) is 0 Å². The third-order valence-corrected chi connectivity index (χ3v) is 6.20. The Morgan fingerprint density at radius 1 is 1.03 bits per heavy atom. The number of benzene rings is 2. The molecule has 1 aliphatic carbocycles. The van der Waals surface area contributed by atoms with Gasteiger partial charge in [0.05, 0.1) is 24.8 Å². The second-order valence-electron chi connectivity index (χ2n) is 7.52. The fourth-order valence-electron chi connectivity index (χ4n) is 4.08. The summed E-state index contributed by atoms with van der Waals surface area (Å²) < 4.78 is 13.5. The van der Waals surface area contributed by atoms with Crippen molar-refractivity contribution in [3.63, 3.8) is 0 Å². The van der Waals surface area contributed by atoms with Crippen LogP contribution in [0.1, 0.15) is 48.0 Å². The number of methoxy groups -OCH3 is 1. The number of aromatic nitrogens is 2. The maximum absolute atomic E-state index is 13.4. The van der Waals surface area contributed by atoms with E-state index in [9.17, 15) is 14.7 Å². The van der Waals surface area contributed by atoms with Gasteiger partial charge in [-0.05, 0) is 54.3 Å². The molecule has 4 rings (SSSR count). The van der Waals surface area contributed by atoms with Crippen molar-refractivity contribution in [2.75, 3.05) is 7.11 Å². The largest absolute Gasteiger partial charge is 1.00 e. The van der Waals surface area contributed by atoms with Crippen LogP contribution in [0.15, 0.2) is 48.0 Å². The van der Waals surface area contributed by atoms with Crippen LogP contribution in [0, 0.1) is 5.92 Å². The first-order valence-electron chi connectivity index (χ1n) is 9.92. The van der Waals surface area contributed by atoms with Gasteiger partial charge in [0.25, 0.3) is 0 Å². The van der Waals surface area contributed by atoms with Crippen molar-refractivity contribution in [2.24, 2.45) is 5.92 Å². The first-order chi connectivity index (χ1) is 14.6. The van der Waals surface area contributed by atoms with E-state index in [1.807, 2.05) is 0 Å². The van der Waals surface area contributed by atoms with Crippen molar-refractivity contribution in [3.05, 3.63) is 59.2 Å². The Hall–Kier alpha value is -2.06. The van der Waals surface area contributed by atoms with E-state index in [1.54, 1.807) is 49.6 Å². The number of carbonyl (C=O) groups is 2. The summed E-state index contributed by atoms with van der Waals surface area (Å²) in [6.45, 7) is 0. The molecule has 8 heteroatoms. The maximum Gasteiger partial charge on any atom is 1.00 e. The van der Waals surface area contributed by atoms with Crippen LogP contribution in [0.2, 0.25) is 0 Å². The van der Waals surface area contributed by atoms with Crippen LogP contribution >= 0.6 is 11.7 Å². The van der Waals surface area contributed by atoms with E-state index >= 15 is 0 Å². The Morgan fingerprint density at radius 2 is 1.68 bits per heavy atom. The third-order valence-electron chi connectivity index (χ3n) is 5.64. The van der Waals surface area contributed by atoms with Crippen molar-refractivity contribution in [2.45, 2.75) is 32.1 Å². The monoisotopic (exact) mass is 444 g/mol. The minimum absolute atomic E-state index is 0. The van der Waals surface area contributed by atoms with Gasteiger partial charge in [0.2, 0.25) is 0 Å². The number of hydrogen-bond donors (Lipinski definition) is 0. The fraction of sp³-hybridized carbons (Fsp3) is 0.304. The van der Waals surface area contributed by atoms with Crippen LogP contribution < -0.4 is 39.4 Å². The van der Waals surface area contributed by atoms with E-state index in [0.717, 1.165) is 37.4 Å². The number of rotatable bonds is 7. The number of fused-ring (bicyclic) bond motifs is 1. The smallest absolute Gasteiger partial charge is 0.545 e. The average molecular weight is 444 g/mol. The molecule has 0 atom stereocenters. The molecule has 0 amide bonds. The number of carboxylic acids is 1. The molecule has 3 aromatic rings. The van der Waals surface area contributed by atoms with Crippen molar-refractivity contribution in [1.29, 1.82) is 0 Å². The zero-order valence-corrected chi connectivity index (χ0v) is 20.4. The van der Waals surface area contributed by atoms with Crippen molar-refractivity contribution in [3.8, 4) is 5.75 Å². The normalized spacial score (nSPS) is 14.7. The van der Waals surface area contributed by atoms with Gasteiger partial charge in [-0.2, -0.15) is 8.75 Å². The molecule has 0 saturated heterocycles. The average Bonchev–Trinajstić information content (AvgIpc) is 3.44. The number of ketones is 1. The van der Waals surface area contributed by atoms with E-state index in [-0.39, 0.29) is 46.5 Å². The second-order valence-corrected chi connectivity index (χ2v) is 8.05. The molecule has 0 unspecified atom stereocenters. The van der Waals surface area contributed by atoms with E-state index in [0.29, 0.717) is 40.2 Å². The van der Waals surface area contributed by atoms with E-state index in [2.05, 4.69) is 8.75 Å². The Bertz CT molecular complexity index is 1120. The van der Waals surface area contributed by atoms with Crippen LogP contribution in [0.25, 0.3) is 16.6 Å². The molecule has 2 aromatic carbocycles. The number of Topliss-reactive ketones (excluding diaryl/α,β-unsaturated/α-hetero) is 1. The molecule has 1 saturated carbocycles. The molecule has 154 valence electrons. The SMILES string of the molecule is COc1ccc(C(=O)C(CC2CCCC2)=C(C(=O)[O-])c2ccc3nsnc3c2)cc1.[Na+]. The van der Waals surface area contributed by atoms with Crippen molar-refractivity contribution >= 4 is 40.1 Å². The van der Waals surface area contributed by atoms with Gasteiger partial charge in [-0.1, -0.05) is 31.7 Å². The van der Waals surface area contributed by atoms with Gasteiger partial charge in [0, 0.05) is 16.7 Å². The van der Waals surface area contributed by atoms with Crippen molar-refractivity contribution < 1.29 is 49.0 Å². The molecule has 1 aliphatic rings. The molecule has 6 nitrogen and oxygen atoms in total. The Balaban J connectivity index is 0.00000272. The zero-order valence-electron chi connectivity index (χ0n) is 17.6. The van der Waals surface area contributed by atoms with Crippen LogP contribution in [-0.4, -0.2) is 27.6 Å². The van der Waals surface area contributed by atoms with Gasteiger partial charge < -0.3 is 14.6 Å². The number of ether oxygens (including phenoxy) is 1. The third kappa shape index (κ3) is 5.23. The number of aliphatic carboxylic acids is 1. The molecule has 0 radical (unpaired) electrons. The topological polar surface area (TPSA) is 92.2 Å². The first-order valence-corrected chi connectivity index (χ1v) is 10.7. The number of carbonyl (C=O) groups excluding carboxylic acids is 2. The summed E-state index contributed by atoms with van der Waals surface area (Å²) in [5.41, 5.74) is 2.38. The first kappa shape index (κ1) is 23.6. The molecule has 0 spiro atoms.